The van der Waals surface area contributed by atoms with Gasteiger partial charge in [-0.2, -0.15) is 0 Å². The highest BCUT2D eigenvalue weighted by atomic mass is 32.2. The highest BCUT2D eigenvalue weighted by molar-refractivity contribution is 8.02. The first-order valence-corrected chi connectivity index (χ1v) is 17.8. The van der Waals surface area contributed by atoms with Crippen LogP contribution in [-0.4, -0.2) is 32.7 Å². The third kappa shape index (κ3) is 24.8. The summed E-state index contributed by atoms with van der Waals surface area (Å²) in [6.45, 7) is 9.19. The number of carboxylic acids is 2. The Morgan fingerprint density at radius 3 is 1.05 bits per heavy atom. The van der Waals surface area contributed by atoms with Crippen LogP contribution in [0.4, 0.5) is 0 Å². The maximum absolute atomic E-state index is 12.3. The van der Waals surface area contributed by atoms with Gasteiger partial charge in [0.15, 0.2) is 0 Å². The largest absolute Gasteiger partial charge is 0.481 e. The normalized spacial score (nSPS) is 12.1. The zero-order valence-electron chi connectivity index (χ0n) is 26.5. The van der Waals surface area contributed by atoms with E-state index in [9.17, 15) is 19.8 Å². The van der Waals surface area contributed by atoms with E-state index in [1.165, 1.54) is 103 Å². The molecular weight excluding hydrogens is 504 g/mol. The summed E-state index contributed by atoms with van der Waals surface area (Å²) in [5.74, 6) is -0.217. The minimum Gasteiger partial charge on any atom is -0.481 e. The monoisotopic (exact) mass is 570 g/mol. The summed E-state index contributed by atoms with van der Waals surface area (Å²) < 4.78 is -0.940. The van der Waals surface area contributed by atoms with Gasteiger partial charge in [-0.1, -0.05) is 169 Å². The summed E-state index contributed by atoms with van der Waals surface area (Å²) in [5.41, 5.74) is 0. The van der Waals surface area contributed by atoms with Gasteiger partial charge in [0.25, 0.3) is 0 Å². The summed E-state index contributed by atoms with van der Waals surface area (Å²) in [5, 5.41) is 19.3. The van der Waals surface area contributed by atoms with Crippen LogP contribution in [0, 0.1) is 11.8 Å². The molecule has 0 unspecified atom stereocenters. The van der Waals surface area contributed by atoms with Crippen molar-refractivity contribution in [1.82, 2.24) is 0 Å². The molecule has 39 heavy (non-hydrogen) atoms. The lowest BCUT2D eigenvalue weighted by atomic mass is 9.93. The lowest BCUT2D eigenvalue weighted by molar-refractivity contribution is -0.140. The predicted octanol–water partition coefficient (Wildman–Crippen LogP) is 11.3. The average Bonchev–Trinajstić information content (AvgIpc) is 2.87. The van der Waals surface area contributed by atoms with E-state index in [0.29, 0.717) is 12.8 Å². The van der Waals surface area contributed by atoms with Gasteiger partial charge in [0.05, 0.1) is 5.75 Å². The number of hydrogen-bond acceptors (Lipinski definition) is 3. The maximum atomic E-state index is 12.3. The Balaban J connectivity index is 4.10. The minimum atomic E-state index is -0.940. The van der Waals surface area contributed by atoms with Gasteiger partial charge in [0.1, 0.15) is 4.75 Å². The fourth-order valence-corrected chi connectivity index (χ4v) is 6.60. The molecule has 0 bridgehead atoms. The second kappa shape index (κ2) is 26.2. The van der Waals surface area contributed by atoms with Crippen molar-refractivity contribution in [1.29, 1.82) is 0 Å². The summed E-state index contributed by atoms with van der Waals surface area (Å²) in [7, 11) is 0. The second-order valence-electron chi connectivity index (χ2n) is 12.9. The summed E-state index contributed by atoms with van der Waals surface area (Å²) >= 11 is 1.15. The molecule has 0 amide bonds. The topological polar surface area (TPSA) is 74.6 Å². The zero-order chi connectivity index (χ0) is 29.2. The fraction of sp³-hybridized carbons (Fsp3) is 0.941. The Morgan fingerprint density at radius 2 is 0.795 bits per heavy atom. The van der Waals surface area contributed by atoms with Crippen LogP contribution in [0.15, 0.2) is 0 Å². The van der Waals surface area contributed by atoms with E-state index in [4.69, 9.17) is 0 Å². The molecule has 0 aromatic heterocycles. The van der Waals surface area contributed by atoms with Crippen molar-refractivity contribution in [2.75, 3.05) is 5.75 Å². The Morgan fingerprint density at radius 1 is 0.513 bits per heavy atom. The van der Waals surface area contributed by atoms with Crippen LogP contribution in [0.2, 0.25) is 0 Å². The van der Waals surface area contributed by atoms with Crippen molar-refractivity contribution < 1.29 is 19.8 Å². The zero-order valence-corrected chi connectivity index (χ0v) is 27.3. The standard InChI is InChI=1S/C34H66O4S/c1-30(2)25-21-17-13-9-5-7-11-15-19-23-27-34(33(37)38,39-29-32(35)36)28-24-20-16-12-8-6-10-14-18-22-26-31(3)4/h30-31H,5-29H2,1-4H3,(H,35,36)(H,37,38). The molecule has 0 fully saturated rings. The lowest BCUT2D eigenvalue weighted by Crippen LogP contribution is -2.36. The number of aliphatic carboxylic acids is 2. The van der Waals surface area contributed by atoms with Crippen LogP contribution in [0.5, 0.6) is 0 Å². The summed E-state index contributed by atoms with van der Waals surface area (Å²) in [6, 6.07) is 0. The molecule has 0 saturated heterocycles. The first-order chi connectivity index (χ1) is 18.7. The van der Waals surface area contributed by atoms with Gasteiger partial charge in [-0.25, -0.2) is 0 Å². The van der Waals surface area contributed by atoms with Crippen molar-refractivity contribution in [2.24, 2.45) is 11.8 Å². The molecule has 0 aromatic carbocycles. The molecule has 0 saturated carbocycles. The Kier molecular flexibility index (Phi) is 25.7. The second-order valence-corrected chi connectivity index (χ2v) is 14.3. The molecule has 0 heterocycles. The van der Waals surface area contributed by atoms with Crippen molar-refractivity contribution >= 4 is 23.7 Å². The van der Waals surface area contributed by atoms with Gasteiger partial charge in [0, 0.05) is 0 Å². The highest BCUT2D eigenvalue weighted by Crippen LogP contribution is 2.37. The number of carboxylic acid groups (broad SMARTS) is 2. The highest BCUT2D eigenvalue weighted by Gasteiger charge is 2.38. The molecule has 232 valence electrons. The molecule has 2 N–H and O–H groups in total. The Labute approximate surface area is 247 Å². The van der Waals surface area contributed by atoms with E-state index < -0.39 is 16.7 Å². The van der Waals surface area contributed by atoms with Crippen molar-refractivity contribution in [3.8, 4) is 0 Å². The average molecular weight is 571 g/mol. The van der Waals surface area contributed by atoms with Gasteiger partial charge in [-0.3, -0.25) is 9.59 Å². The van der Waals surface area contributed by atoms with E-state index in [1.807, 2.05) is 0 Å². The van der Waals surface area contributed by atoms with Gasteiger partial charge >= 0.3 is 11.9 Å². The quantitative estimate of drug-likeness (QED) is 0.0840. The molecule has 0 aliphatic heterocycles. The van der Waals surface area contributed by atoms with E-state index in [1.54, 1.807) is 0 Å². The van der Waals surface area contributed by atoms with Crippen LogP contribution >= 0.6 is 11.8 Å². The molecular formula is C34H66O4S. The molecule has 0 spiro atoms. The van der Waals surface area contributed by atoms with Crippen molar-refractivity contribution in [2.45, 2.75) is 187 Å². The summed E-state index contributed by atoms with van der Waals surface area (Å²) in [6.07, 6.45) is 28.5. The number of unbranched alkanes of at least 4 members (excludes halogenated alkanes) is 18. The third-order valence-corrected chi connectivity index (χ3v) is 9.61. The third-order valence-electron chi connectivity index (χ3n) is 8.09. The molecule has 0 radical (unpaired) electrons. The molecule has 5 heteroatoms. The number of rotatable bonds is 30. The van der Waals surface area contributed by atoms with E-state index in [0.717, 1.165) is 62.1 Å². The predicted molar refractivity (Wildman–Crippen MR) is 171 cm³/mol. The van der Waals surface area contributed by atoms with Crippen molar-refractivity contribution in [3.05, 3.63) is 0 Å². The van der Waals surface area contributed by atoms with Crippen LogP contribution < -0.4 is 0 Å². The molecule has 0 atom stereocenters. The van der Waals surface area contributed by atoms with Gasteiger partial charge < -0.3 is 10.2 Å². The van der Waals surface area contributed by atoms with E-state index in [2.05, 4.69) is 27.7 Å². The van der Waals surface area contributed by atoms with E-state index in [-0.39, 0.29) is 5.75 Å². The first-order valence-electron chi connectivity index (χ1n) is 16.8. The molecule has 0 aliphatic carbocycles. The summed E-state index contributed by atoms with van der Waals surface area (Å²) in [4.78, 5) is 23.6. The number of carbonyl (C=O) groups is 2. The number of thioether (sulfide) groups is 1. The SMILES string of the molecule is CC(C)CCCCCCCCCCCCC(CCCCCCCCCCCCC(C)C)(SCC(=O)O)C(=O)O. The maximum Gasteiger partial charge on any atom is 0.319 e. The molecule has 0 rings (SSSR count). The van der Waals surface area contributed by atoms with Crippen LogP contribution in [0.1, 0.15) is 182 Å². The van der Waals surface area contributed by atoms with Crippen LogP contribution in [0.25, 0.3) is 0 Å². The van der Waals surface area contributed by atoms with Gasteiger partial charge in [-0.15, -0.1) is 11.8 Å². The van der Waals surface area contributed by atoms with Gasteiger partial charge in [0.2, 0.25) is 0 Å². The molecule has 0 aromatic rings. The Bertz CT molecular complexity index is 544. The van der Waals surface area contributed by atoms with E-state index >= 15 is 0 Å². The first kappa shape index (κ1) is 38.3. The van der Waals surface area contributed by atoms with Gasteiger partial charge in [-0.05, 0) is 24.7 Å². The Hall–Kier alpha value is -0.710. The van der Waals surface area contributed by atoms with Crippen LogP contribution in [0.3, 0.4) is 0 Å². The molecule has 0 aliphatic rings. The number of hydrogen-bond donors (Lipinski definition) is 2. The fourth-order valence-electron chi connectivity index (χ4n) is 5.50. The lowest BCUT2D eigenvalue weighted by Gasteiger charge is -2.28. The smallest absolute Gasteiger partial charge is 0.319 e. The minimum absolute atomic E-state index is 0.124. The van der Waals surface area contributed by atoms with Crippen LogP contribution in [-0.2, 0) is 9.59 Å². The van der Waals surface area contributed by atoms with Crippen molar-refractivity contribution in [3.63, 3.8) is 0 Å². The molecule has 4 nitrogen and oxygen atoms in total.